The molecule has 0 N–H and O–H groups in total. The van der Waals surface area contributed by atoms with Crippen molar-refractivity contribution >= 4 is 21.9 Å². The highest BCUT2D eigenvalue weighted by molar-refractivity contribution is 9.10. The number of halogens is 1. The van der Waals surface area contributed by atoms with Crippen LogP contribution >= 0.6 is 15.9 Å². The molecule has 1 fully saturated rings. The molecule has 0 spiro atoms. The average Bonchev–Trinajstić information content (AvgIpc) is 2.67. The Labute approximate surface area is 187 Å². The van der Waals surface area contributed by atoms with Crippen molar-refractivity contribution < 1.29 is 4.74 Å². The third-order valence-electron chi connectivity index (χ3n) is 5.88. The van der Waals surface area contributed by atoms with E-state index in [1.54, 1.807) is 0 Å². The molecule has 29 heavy (non-hydrogen) atoms. The van der Waals surface area contributed by atoms with Crippen molar-refractivity contribution in [2.75, 3.05) is 19.0 Å². The summed E-state index contributed by atoms with van der Waals surface area (Å²) < 4.78 is 7.06. The maximum Gasteiger partial charge on any atom is 0.233 e. The van der Waals surface area contributed by atoms with Crippen LogP contribution in [0.1, 0.15) is 109 Å². The van der Waals surface area contributed by atoms with Crippen LogP contribution in [0.2, 0.25) is 0 Å². The predicted molar refractivity (Wildman–Crippen MR) is 127 cm³/mol. The van der Waals surface area contributed by atoms with Crippen LogP contribution in [-0.4, -0.2) is 30.2 Å². The summed E-state index contributed by atoms with van der Waals surface area (Å²) in [6.07, 6.45) is 21.3. The third kappa shape index (κ3) is 9.23. The van der Waals surface area contributed by atoms with Crippen LogP contribution in [-0.2, 0) is 6.42 Å². The molecule has 0 unspecified atom stereocenters. The van der Waals surface area contributed by atoms with Gasteiger partial charge >= 0.3 is 0 Å². The zero-order valence-corrected chi connectivity index (χ0v) is 20.6. The number of hydrogen-bond donors (Lipinski definition) is 0. The van der Waals surface area contributed by atoms with Crippen molar-refractivity contribution in [1.29, 1.82) is 0 Å². The number of nitrogens with zero attached hydrogens (tertiary/aromatic N) is 3. The number of rotatable bonds is 16. The molecule has 1 aliphatic rings. The lowest BCUT2D eigenvalue weighted by molar-refractivity contribution is 0.113. The van der Waals surface area contributed by atoms with Gasteiger partial charge in [0.05, 0.1) is 5.69 Å². The molecule has 2 rings (SSSR count). The summed E-state index contributed by atoms with van der Waals surface area (Å²) in [5.74, 6) is 1.47. The summed E-state index contributed by atoms with van der Waals surface area (Å²) in [7, 11) is 3.98. The smallest absolute Gasteiger partial charge is 0.233 e. The second kappa shape index (κ2) is 14.2. The zero-order chi connectivity index (χ0) is 20.9. The van der Waals surface area contributed by atoms with E-state index in [0.717, 1.165) is 41.3 Å². The number of hydrogen-bond acceptors (Lipinski definition) is 4. The van der Waals surface area contributed by atoms with Gasteiger partial charge in [0.15, 0.2) is 0 Å². The van der Waals surface area contributed by atoms with Gasteiger partial charge in [-0.2, -0.15) is 4.98 Å². The summed E-state index contributed by atoms with van der Waals surface area (Å²) in [6, 6.07) is 0. The van der Waals surface area contributed by atoms with Crippen LogP contribution in [0.5, 0.6) is 5.88 Å². The Hall–Kier alpha value is -0.840. The second-order valence-electron chi connectivity index (χ2n) is 8.79. The SMILES string of the molecule is CCCCCCCCCCCCCCc1nc(N(C)C)nc(OC2CCC2)c1Br. The minimum atomic E-state index is 0.329. The van der Waals surface area contributed by atoms with E-state index >= 15 is 0 Å². The van der Waals surface area contributed by atoms with E-state index in [1.165, 1.54) is 83.5 Å². The Morgan fingerprint density at radius 2 is 1.41 bits per heavy atom. The molecule has 1 heterocycles. The molecular formula is C24H42BrN3O. The molecule has 0 bridgehead atoms. The van der Waals surface area contributed by atoms with Crippen molar-refractivity contribution in [2.24, 2.45) is 0 Å². The maximum atomic E-state index is 6.10. The molecule has 0 atom stereocenters. The van der Waals surface area contributed by atoms with E-state index < -0.39 is 0 Å². The first-order valence-electron chi connectivity index (χ1n) is 12.0. The zero-order valence-electron chi connectivity index (χ0n) is 19.0. The Morgan fingerprint density at radius 3 is 1.90 bits per heavy atom. The van der Waals surface area contributed by atoms with E-state index in [9.17, 15) is 0 Å². The van der Waals surface area contributed by atoms with E-state index in [0.29, 0.717) is 6.10 Å². The minimum Gasteiger partial charge on any atom is -0.473 e. The molecule has 0 aromatic carbocycles. The van der Waals surface area contributed by atoms with Crippen molar-refractivity contribution in [3.8, 4) is 5.88 Å². The lowest BCUT2D eigenvalue weighted by Gasteiger charge is -2.27. The second-order valence-corrected chi connectivity index (χ2v) is 9.59. The monoisotopic (exact) mass is 467 g/mol. The molecular weight excluding hydrogens is 426 g/mol. The lowest BCUT2D eigenvalue weighted by atomic mass is 9.96. The number of ether oxygens (including phenoxy) is 1. The van der Waals surface area contributed by atoms with Crippen molar-refractivity contribution in [3.63, 3.8) is 0 Å². The topological polar surface area (TPSA) is 38.2 Å². The summed E-state index contributed by atoms with van der Waals surface area (Å²) in [5.41, 5.74) is 1.09. The van der Waals surface area contributed by atoms with Gasteiger partial charge in [-0.15, -0.1) is 0 Å². The lowest BCUT2D eigenvalue weighted by Crippen LogP contribution is -2.26. The molecule has 0 amide bonds. The summed E-state index contributed by atoms with van der Waals surface area (Å²) in [5, 5.41) is 0. The van der Waals surface area contributed by atoms with Gasteiger partial charge in [-0.3, -0.25) is 0 Å². The van der Waals surface area contributed by atoms with Crippen LogP contribution in [0.3, 0.4) is 0 Å². The van der Waals surface area contributed by atoms with Crippen molar-refractivity contribution in [2.45, 2.75) is 116 Å². The molecule has 166 valence electrons. The summed E-state index contributed by atoms with van der Waals surface area (Å²) in [6.45, 7) is 2.28. The van der Waals surface area contributed by atoms with Crippen LogP contribution in [0.25, 0.3) is 0 Å². The fourth-order valence-electron chi connectivity index (χ4n) is 3.68. The normalized spacial score (nSPS) is 14.1. The molecule has 0 aliphatic heterocycles. The fraction of sp³-hybridized carbons (Fsp3) is 0.833. The highest BCUT2D eigenvalue weighted by Crippen LogP contribution is 2.33. The Balaban J connectivity index is 1.65. The first-order chi connectivity index (χ1) is 14.1. The molecule has 1 aliphatic carbocycles. The predicted octanol–water partition coefficient (Wildman–Crippen LogP) is 7.48. The summed E-state index contributed by atoms with van der Waals surface area (Å²) >= 11 is 3.71. The quantitative estimate of drug-likeness (QED) is 0.236. The van der Waals surface area contributed by atoms with Gasteiger partial charge in [-0.1, -0.05) is 77.6 Å². The first-order valence-corrected chi connectivity index (χ1v) is 12.8. The van der Waals surface area contributed by atoms with Crippen LogP contribution < -0.4 is 9.64 Å². The Kier molecular flexibility index (Phi) is 12.0. The minimum absolute atomic E-state index is 0.329. The molecule has 1 aromatic rings. The van der Waals surface area contributed by atoms with Gasteiger partial charge in [0.25, 0.3) is 0 Å². The van der Waals surface area contributed by atoms with Crippen molar-refractivity contribution in [1.82, 2.24) is 9.97 Å². The Morgan fingerprint density at radius 1 is 0.862 bits per heavy atom. The van der Waals surface area contributed by atoms with Crippen molar-refractivity contribution in [3.05, 3.63) is 10.2 Å². The third-order valence-corrected chi connectivity index (χ3v) is 6.67. The van der Waals surface area contributed by atoms with Gasteiger partial charge in [0, 0.05) is 14.1 Å². The van der Waals surface area contributed by atoms with Gasteiger partial charge in [0.1, 0.15) is 10.6 Å². The first kappa shape index (κ1) is 24.4. The largest absolute Gasteiger partial charge is 0.473 e. The standard InChI is InChI=1S/C24H42BrN3O/c1-4-5-6-7-8-9-10-11-12-13-14-15-19-21-22(25)23(29-20-17-16-18-20)27-24(26-21)28(2)3/h20H,4-19H2,1-3H3. The highest BCUT2D eigenvalue weighted by Gasteiger charge is 2.23. The van der Waals surface area contributed by atoms with E-state index in [-0.39, 0.29) is 0 Å². The van der Waals surface area contributed by atoms with Gasteiger partial charge in [0.2, 0.25) is 11.8 Å². The molecule has 0 radical (unpaired) electrons. The number of unbranched alkanes of at least 4 members (excludes halogenated alkanes) is 11. The molecule has 1 aromatic heterocycles. The number of anilines is 1. The Bertz CT molecular complexity index is 575. The highest BCUT2D eigenvalue weighted by atomic mass is 79.9. The molecule has 5 heteroatoms. The van der Waals surface area contributed by atoms with E-state index in [4.69, 9.17) is 9.72 Å². The molecule has 0 saturated heterocycles. The summed E-state index contributed by atoms with van der Waals surface area (Å²) in [4.78, 5) is 11.3. The molecule has 4 nitrogen and oxygen atoms in total. The van der Waals surface area contributed by atoms with E-state index in [2.05, 4.69) is 27.8 Å². The van der Waals surface area contributed by atoms with Crippen LogP contribution in [0.15, 0.2) is 4.47 Å². The molecule has 1 saturated carbocycles. The average molecular weight is 469 g/mol. The fourth-order valence-corrected chi connectivity index (χ4v) is 4.15. The van der Waals surface area contributed by atoms with Crippen LogP contribution in [0, 0.1) is 0 Å². The van der Waals surface area contributed by atoms with Gasteiger partial charge < -0.3 is 9.64 Å². The van der Waals surface area contributed by atoms with Gasteiger partial charge in [-0.05, 0) is 48.0 Å². The van der Waals surface area contributed by atoms with Gasteiger partial charge in [-0.25, -0.2) is 4.98 Å². The number of aromatic nitrogens is 2. The number of aryl methyl sites for hydroxylation is 1. The van der Waals surface area contributed by atoms with E-state index in [1.807, 2.05) is 19.0 Å². The van der Waals surface area contributed by atoms with Crippen LogP contribution in [0.4, 0.5) is 5.95 Å². The maximum absolute atomic E-state index is 6.10.